The summed E-state index contributed by atoms with van der Waals surface area (Å²) in [6.07, 6.45) is 9.80. The van der Waals surface area contributed by atoms with E-state index in [4.69, 9.17) is 0 Å². The lowest BCUT2D eigenvalue weighted by molar-refractivity contribution is 0.588. The van der Waals surface area contributed by atoms with Crippen LogP contribution in [0.1, 0.15) is 113 Å². The fourth-order valence-corrected chi connectivity index (χ4v) is 8.19. The van der Waals surface area contributed by atoms with Gasteiger partial charge in [-0.3, -0.25) is 0 Å². The highest BCUT2D eigenvalue weighted by atomic mass is 14.4. The fourth-order valence-electron chi connectivity index (χ4n) is 8.19. The zero-order chi connectivity index (χ0) is 34.7. The molecule has 0 bridgehead atoms. The van der Waals surface area contributed by atoms with E-state index < -0.39 is 0 Å². The van der Waals surface area contributed by atoms with E-state index in [-0.39, 0.29) is 16.2 Å². The van der Waals surface area contributed by atoms with Crippen molar-refractivity contribution in [3.8, 4) is 33.4 Å². The second-order valence-electron chi connectivity index (χ2n) is 17.4. The van der Waals surface area contributed by atoms with E-state index in [1.165, 1.54) is 83.5 Å². The Labute approximate surface area is 295 Å². The van der Waals surface area contributed by atoms with Gasteiger partial charge in [-0.25, -0.2) is 0 Å². The smallest absolute Gasteiger partial charge is 0.000992 e. The van der Waals surface area contributed by atoms with E-state index in [9.17, 15) is 0 Å². The molecular weight excluding hydrogens is 589 g/mol. The Kier molecular flexibility index (Phi) is 8.22. The van der Waals surface area contributed by atoms with Crippen LogP contribution < -0.4 is 0 Å². The quantitative estimate of drug-likeness (QED) is 0.176. The van der Waals surface area contributed by atoms with Gasteiger partial charge in [-0.2, -0.15) is 0 Å². The van der Waals surface area contributed by atoms with Crippen LogP contribution in [-0.4, -0.2) is 0 Å². The lowest BCUT2D eigenvalue weighted by atomic mass is 9.71. The van der Waals surface area contributed by atoms with E-state index in [1.807, 2.05) is 0 Å². The number of allylic oxidation sites excluding steroid dienone is 4. The number of hydrogen-bond donors (Lipinski definition) is 0. The summed E-state index contributed by atoms with van der Waals surface area (Å²) >= 11 is 0. The molecule has 0 fully saturated rings. The van der Waals surface area contributed by atoms with Gasteiger partial charge in [0.25, 0.3) is 0 Å². The molecule has 0 nitrogen and oxygen atoms in total. The largest absolute Gasteiger partial charge is 0.0801 e. The zero-order valence-corrected chi connectivity index (χ0v) is 31.1. The monoisotopic (exact) mass is 640 g/mol. The molecule has 0 radical (unpaired) electrons. The molecule has 0 unspecified atom stereocenters. The van der Waals surface area contributed by atoms with Crippen LogP contribution in [0.15, 0.2) is 115 Å². The summed E-state index contributed by atoms with van der Waals surface area (Å²) in [6, 6.07) is 36.8. The van der Waals surface area contributed by atoms with Crippen LogP contribution in [0.25, 0.3) is 39.0 Å². The van der Waals surface area contributed by atoms with Gasteiger partial charge in [-0.15, -0.1) is 0 Å². The molecule has 0 amide bonds. The first-order valence-corrected chi connectivity index (χ1v) is 18.2. The lowest BCUT2D eigenvalue weighted by Crippen LogP contribution is -2.19. The molecule has 0 N–H and O–H groups in total. The summed E-state index contributed by atoms with van der Waals surface area (Å²) in [6.45, 7) is 21.3. The molecule has 0 aromatic heterocycles. The van der Waals surface area contributed by atoms with Gasteiger partial charge in [0.2, 0.25) is 0 Å². The first-order chi connectivity index (χ1) is 23.2. The van der Waals surface area contributed by atoms with Crippen LogP contribution in [-0.2, 0) is 29.1 Å². The molecule has 5 aromatic rings. The van der Waals surface area contributed by atoms with Gasteiger partial charge in [-0.1, -0.05) is 165 Å². The second kappa shape index (κ2) is 12.2. The third-order valence-electron chi connectivity index (χ3n) is 10.6. The van der Waals surface area contributed by atoms with Crippen LogP contribution in [0.5, 0.6) is 0 Å². The summed E-state index contributed by atoms with van der Waals surface area (Å²) in [5, 5.41) is 0. The minimum atomic E-state index is -0.0800. The number of hydrogen-bond acceptors (Lipinski definition) is 0. The molecule has 0 spiro atoms. The number of fused-ring (bicyclic) bond motifs is 3. The summed E-state index contributed by atoms with van der Waals surface area (Å²) in [4.78, 5) is 0. The molecule has 0 saturated carbocycles. The van der Waals surface area contributed by atoms with Crippen molar-refractivity contribution >= 4 is 5.57 Å². The molecule has 0 aliphatic heterocycles. The molecular formula is C49H52. The molecule has 0 saturated heterocycles. The average Bonchev–Trinajstić information content (AvgIpc) is 3.72. The van der Waals surface area contributed by atoms with E-state index in [1.54, 1.807) is 0 Å². The highest BCUT2D eigenvalue weighted by Gasteiger charge is 2.36. The maximum absolute atomic E-state index is 2.58. The molecule has 0 heterocycles. The van der Waals surface area contributed by atoms with Gasteiger partial charge < -0.3 is 0 Å². The fraction of sp³-hybridized carbons (Fsp3) is 0.306. The molecule has 49 heavy (non-hydrogen) atoms. The standard InChI is InChI=1S/C49H52/c1-47(2,3)37-26-24-32(25-27-37)28-40-41-30-36-29-38(33-18-12-10-13-19-33)42(48(4,5)6)31-39(36)45(41)44(35-22-16-17-23-35)46(49(7,8)9)43(40)34-20-14-11-15-21-34/h10-22,24-27,29,31H,23,28,30H2,1-9H3. The first kappa shape index (κ1) is 33.1. The van der Waals surface area contributed by atoms with Crippen LogP contribution in [0.4, 0.5) is 0 Å². The van der Waals surface area contributed by atoms with Crippen LogP contribution in [0.2, 0.25) is 0 Å². The molecule has 0 heteroatoms. The number of rotatable bonds is 5. The maximum Gasteiger partial charge on any atom is -0.000992 e. The third kappa shape index (κ3) is 6.16. The van der Waals surface area contributed by atoms with Gasteiger partial charge >= 0.3 is 0 Å². The highest BCUT2D eigenvalue weighted by Crippen LogP contribution is 2.54. The summed E-state index contributed by atoms with van der Waals surface area (Å²) < 4.78 is 0. The second-order valence-corrected chi connectivity index (χ2v) is 17.4. The van der Waals surface area contributed by atoms with Crippen molar-refractivity contribution in [2.75, 3.05) is 0 Å². The third-order valence-corrected chi connectivity index (χ3v) is 10.6. The predicted molar refractivity (Wildman–Crippen MR) is 213 cm³/mol. The van der Waals surface area contributed by atoms with E-state index >= 15 is 0 Å². The van der Waals surface area contributed by atoms with Crippen LogP contribution in [0, 0.1) is 0 Å². The van der Waals surface area contributed by atoms with Gasteiger partial charge in [0.05, 0.1) is 0 Å². The van der Waals surface area contributed by atoms with Gasteiger partial charge in [0.1, 0.15) is 0 Å². The van der Waals surface area contributed by atoms with Crippen molar-refractivity contribution in [2.24, 2.45) is 0 Å². The van der Waals surface area contributed by atoms with Crippen molar-refractivity contribution < 1.29 is 0 Å². The van der Waals surface area contributed by atoms with E-state index in [0.717, 1.165) is 19.3 Å². The summed E-state index contributed by atoms with van der Waals surface area (Å²) in [7, 11) is 0. The van der Waals surface area contributed by atoms with Crippen molar-refractivity contribution in [1.82, 2.24) is 0 Å². The minimum absolute atomic E-state index is 0.00816. The zero-order valence-electron chi connectivity index (χ0n) is 31.1. The lowest BCUT2D eigenvalue weighted by Gasteiger charge is -2.33. The van der Waals surface area contributed by atoms with Gasteiger partial charge in [0, 0.05) is 0 Å². The summed E-state index contributed by atoms with van der Waals surface area (Å²) in [5.41, 5.74) is 21.3. The van der Waals surface area contributed by atoms with Crippen molar-refractivity contribution in [3.63, 3.8) is 0 Å². The Morgan fingerprint density at radius 3 is 1.76 bits per heavy atom. The van der Waals surface area contributed by atoms with Crippen LogP contribution in [0.3, 0.4) is 0 Å². The Bertz CT molecular complexity index is 2080. The average molecular weight is 641 g/mol. The van der Waals surface area contributed by atoms with E-state index in [2.05, 4.69) is 178 Å². The number of benzene rings is 5. The molecule has 2 aliphatic carbocycles. The molecule has 5 aromatic carbocycles. The van der Waals surface area contributed by atoms with Gasteiger partial charge in [0.15, 0.2) is 0 Å². The Hall–Kier alpha value is -4.42. The maximum atomic E-state index is 2.58. The van der Waals surface area contributed by atoms with Crippen molar-refractivity contribution in [1.29, 1.82) is 0 Å². The normalized spacial score (nSPS) is 14.2. The molecule has 0 atom stereocenters. The molecule has 7 rings (SSSR count). The molecule has 2 aliphatic rings. The first-order valence-electron chi connectivity index (χ1n) is 18.2. The van der Waals surface area contributed by atoms with E-state index in [0.29, 0.717) is 0 Å². The molecule has 248 valence electrons. The topological polar surface area (TPSA) is 0 Å². The summed E-state index contributed by atoms with van der Waals surface area (Å²) in [5.74, 6) is 0. The Morgan fingerprint density at radius 2 is 1.20 bits per heavy atom. The predicted octanol–water partition coefficient (Wildman–Crippen LogP) is 13.4. The highest BCUT2D eigenvalue weighted by molar-refractivity contribution is 5.98. The SMILES string of the molecule is CC(C)(C)c1ccc(Cc2c3c(c(C4=CC=CC4)c(C(C)(C)C)c2-c2ccccc2)-c2cc(C(C)(C)C)c(-c4ccccc4)cc2C3)cc1. The Morgan fingerprint density at radius 1 is 0.571 bits per heavy atom. The van der Waals surface area contributed by atoms with Crippen molar-refractivity contribution in [3.05, 3.63) is 160 Å². The van der Waals surface area contributed by atoms with Gasteiger partial charge in [-0.05, 0) is 131 Å². The Balaban J connectivity index is 1.58. The van der Waals surface area contributed by atoms with Crippen molar-refractivity contribution in [2.45, 2.75) is 97.8 Å². The minimum Gasteiger partial charge on any atom is -0.0801 e. The van der Waals surface area contributed by atoms with Crippen LogP contribution >= 0.6 is 0 Å².